The third-order valence-corrected chi connectivity index (χ3v) is 4.56. The number of aryl methyl sites for hydroxylation is 1. The number of alkyl halides is 3. The Kier molecular flexibility index (Phi) is 5.19. The Labute approximate surface area is 152 Å². The minimum Gasteiger partial charge on any atom is -0.506 e. The molecule has 0 aliphatic heterocycles. The van der Waals surface area contributed by atoms with E-state index in [1.54, 1.807) is 0 Å². The van der Waals surface area contributed by atoms with Gasteiger partial charge in [-0.05, 0) is 44.0 Å². The van der Waals surface area contributed by atoms with Crippen LogP contribution in [0.15, 0.2) is 17.7 Å². The van der Waals surface area contributed by atoms with Crippen molar-refractivity contribution in [1.29, 1.82) is 0 Å². The zero-order valence-electron chi connectivity index (χ0n) is 14.2. The monoisotopic (exact) mass is 387 g/mol. The highest BCUT2D eigenvalue weighted by Crippen LogP contribution is 2.38. The molecule has 1 unspecified atom stereocenters. The molecule has 0 spiro atoms. The second kappa shape index (κ2) is 6.75. The van der Waals surface area contributed by atoms with Gasteiger partial charge in [-0.3, -0.25) is 14.4 Å². The molecule has 1 heterocycles. The maximum atomic E-state index is 13.1. The fraction of sp³-hybridized carbons (Fsp3) is 0.412. The molecule has 2 rings (SSSR count). The first-order chi connectivity index (χ1) is 11.9. The van der Waals surface area contributed by atoms with E-state index in [0.717, 1.165) is 19.2 Å². The third-order valence-electron chi connectivity index (χ3n) is 4.36. The van der Waals surface area contributed by atoms with Gasteiger partial charge in [0.05, 0.1) is 7.11 Å². The van der Waals surface area contributed by atoms with Crippen molar-refractivity contribution in [2.24, 2.45) is 5.41 Å². The van der Waals surface area contributed by atoms with Crippen LogP contribution in [0.3, 0.4) is 0 Å². The second-order valence-electron chi connectivity index (χ2n) is 6.13. The van der Waals surface area contributed by atoms with Crippen molar-refractivity contribution in [1.82, 2.24) is 4.98 Å². The summed E-state index contributed by atoms with van der Waals surface area (Å²) >= 11 is 4.92. The molecule has 1 aromatic heterocycles. The number of aromatic nitrogens is 1. The summed E-state index contributed by atoms with van der Waals surface area (Å²) in [6.07, 6.45) is -0.205. The van der Waals surface area contributed by atoms with Crippen LogP contribution in [0.25, 0.3) is 5.76 Å². The fourth-order valence-electron chi connectivity index (χ4n) is 2.77. The predicted octanol–water partition coefficient (Wildman–Crippen LogP) is 3.06. The van der Waals surface area contributed by atoms with E-state index in [1.807, 2.05) is 0 Å². The molecular formula is C17H16ClF2NO5. The Morgan fingerprint density at radius 1 is 1.38 bits per heavy atom. The SMILES string of the molecule is COC(=O)C1(C)CCC(=O)C(=C(O)c2ccc(C(F)(F)Cl)nc2C)C1=O. The lowest BCUT2D eigenvalue weighted by Crippen LogP contribution is -2.44. The first kappa shape index (κ1) is 20.0. The number of pyridine rings is 1. The van der Waals surface area contributed by atoms with Crippen molar-refractivity contribution in [3.63, 3.8) is 0 Å². The number of nitrogens with zero attached hydrogens (tertiary/aromatic N) is 1. The number of hydrogen-bond donors (Lipinski definition) is 1. The van der Waals surface area contributed by atoms with Crippen molar-refractivity contribution in [3.8, 4) is 0 Å². The molecule has 140 valence electrons. The van der Waals surface area contributed by atoms with Gasteiger partial charge in [-0.1, -0.05) is 0 Å². The highest BCUT2D eigenvalue weighted by molar-refractivity contribution is 6.31. The first-order valence-corrected chi connectivity index (χ1v) is 7.96. The highest BCUT2D eigenvalue weighted by Gasteiger charge is 2.50. The van der Waals surface area contributed by atoms with Gasteiger partial charge in [0.15, 0.2) is 11.6 Å². The van der Waals surface area contributed by atoms with Crippen LogP contribution >= 0.6 is 11.6 Å². The number of hydrogen-bond acceptors (Lipinski definition) is 6. The number of rotatable bonds is 3. The number of allylic oxidation sites excluding steroid dienone is 1. The molecule has 0 bridgehead atoms. The molecule has 0 radical (unpaired) electrons. The fourth-order valence-corrected chi connectivity index (χ4v) is 2.87. The van der Waals surface area contributed by atoms with Gasteiger partial charge in [-0.15, -0.1) is 0 Å². The molecule has 1 saturated carbocycles. The van der Waals surface area contributed by atoms with Crippen LogP contribution in [0.1, 0.15) is 36.7 Å². The van der Waals surface area contributed by atoms with E-state index in [2.05, 4.69) is 9.72 Å². The lowest BCUT2D eigenvalue weighted by Gasteiger charge is -2.30. The molecule has 6 nitrogen and oxygen atoms in total. The van der Waals surface area contributed by atoms with Crippen LogP contribution in [0.2, 0.25) is 0 Å². The van der Waals surface area contributed by atoms with Crippen molar-refractivity contribution < 1.29 is 33.0 Å². The molecule has 0 saturated heterocycles. The van der Waals surface area contributed by atoms with Crippen molar-refractivity contribution in [3.05, 3.63) is 34.7 Å². The van der Waals surface area contributed by atoms with Gasteiger partial charge in [-0.25, -0.2) is 4.98 Å². The molecule has 1 fully saturated rings. The highest BCUT2D eigenvalue weighted by atomic mass is 35.5. The summed E-state index contributed by atoms with van der Waals surface area (Å²) in [6.45, 7) is 2.64. The van der Waals surface area contributed by atoms with Crippen LogP contribution in [-0.2, 0) is 24.5 Å². The number of ether oxygens (including phenoxy) is 1. The van der Waals surface area contributed by atoms with E-state index < -0.39 is 45.4 Å². The third kappa shape index (κ3) is 3.33. The van der Waals surface area contributed by atoms with Crippen LogP contribution in [-0.4, -0.2) is 34.7 Å². The van der Waals surface area contributed by atoms with E-state index in [1.165, 1.54) is 13.8 Å². The lowest BCUT2D eigenvalue weighted by molar-refractivity contribution is -0.157. The topological polar surface area (TPSA) is 93.6 Å². The summed E-state index contributed by atoms with van der Waals surface area (Å²) in [4.78, 5) is 40.5. The van der Waals surface area contributed by atoms with Crippen LogP contribution in [0.4, 0.5) is 8.78 Å². The number of aliphatic hydroxyl groups excluding tert-OH is 1. The van der Waals surface area contributed by atoms with Gasteiger partial charge in [0, 0.05) is 17.7 Å². The van der Waals surface area contributed by atoms with E-state index >= 15 is 0 Å². The summed E-state index contributed by atoms with van der Waals surface area (Å²) in [7, 11) is 1.11. The lowest BCUT2D eigenvalue weighted by atomic mass is 9.71. The van der Waals surface area contributed by atoms with E-state index in [-0.39, 0.29) is 24.1 Å². The van der Waals surface area contributed by atoms with Gasteiger partial charge >= 0.3 is 11.4 Å². The molecule has 1 atom stereocenters. The number of ketones is 2. The van der Waals surface area contributed by atoms with E-state index in [0.29, 0.717) is 0 Å². The zero-order chi connectivity index (χ0) is 19.9. The van der Waals surface area contributed by atoms with Crippen molar-refractivity contribution in [2.75, 3.05) is 7.11 Å². The molecular weight excluding hydrogens is 372 g/mol. The molecule has 9 heteroatoms. The molecule has 1 aliphatic rings. The summed E-state index contributed by atoms with van der Waals surface area (Å²) in [6, 6.07) is 1.96. The van der Waals surface area contributed by atoms with Gasteiger partial charge in [-0.2, -0.15) is 8.78 Å². The Hall–Kier alpha value is -2.35. The number of Topliss-reactive ketones (excluding diaryl/α,β-unsaturated/α-hetero) is 2. The number of aliphatic hydroxyl groups is 1. The maximum absolute atomic E-state index is 13.1. The first-order valence-electron chi connectivity index (χ1n) is 7.58. The maximum Gasteiger partial charge on any atom is 0.364 e. The Morgan fingerprint density at radius 3 is 2.50 bits per heavy atom. The smallest absolute Gasteiger partial charge is 0.364 e. The van der Waals surface area contributed by atoms with Crippen LogP contribution in [0, 0.1) is 12.3 Å². The van der Waals surface area contributed by atoms with Crippen molar-refractivity contribution >= 4 is 34.9 Å². The Balaban J connectivity index is 2.58. The van der Waals surface area contributed by atoms with Gasteiger partial charge < -0.3 is 9.84 Å². The van der Waals surface area contributed by atoms with Crippen LogP contribution in [0.5, 0.6) is 0 Å². The predicted molar refractivity (Wildman–Crippen MR) is 87.6 cm³/mol. The zero-order valence-corrected chi connectivity index (χ0v) is 15.0. The van der Waals surface area contributed by atoms with E-state index in [9.17, 15) is 28.3 Å². The Morgan fingerprint density at radius 2 is 2.00 bits per heavy atom. The van der Waals surface area contributed by atoms with Gasteiger partial charge in [0.2, 0.25) is 0 Å². The molecule has 26 heavy (non-hydrogen) atoms. The molecule has 1 aromatic rings. The second-order valence-corrected chi connectivity index (χ2v) is 6.60. The number of carbonyl (C=O) groups excluding carboxylic acids is 3. The number of esters is 1. The average Bonchev–Trinajstić information content (AvgIpc) is 2.56. The summed E-state index contributed by atoms with van der Waals surface area (Å²) in [5, 5.41) is 6.77. The normalized spacial score (nSPS) is 23.0. The van der Waals surface area contributed by atoms with Gasteiger partial charge in [0.25, 0.3) is 0 Å². The van der Waals surface area contributed by atoms with E-state index in [4.69, 9.17) is 11.6 Å². The largest absolute Gasteiger partial charge is 0.506 e. The number of carbonyl (C=O) groups is 3. The standard InChI is InChI=1S/C17H16ClF2NO5/c1-8-9(4-5-11(21-8)17(18,19)20)13(23)12-10(22)6-7-16(2,14(12)24)15(25)26-3/h4-5,23H,6-7H2,1-3H3. The van der Waals surface area contributed by atoms with Crippen LogP contribution < -0.4 is 0 Å². The molecule has 0 amide bonds. The summed E-state index contributed by atoms with van der Waals surface area (Å²) in [5.74, 6) is -3.08. The number of methoxy groups -OCH3 is 1. The minimum absolute atomic E-state index is 0.0528. The van der Waals surface area contributed by atoms with Crippen molar-refractivity contribution in [2.45, 2.75) is 32.1 Å². The summed E-state index contributed by atoms with van der Waals surface area (Å²) < 4.78 is 30.9. The minimum atomic E-state index is -3.70. The molecule has 1 N–H and O–H groups in total. The van der Waals surface area contributed by atoms with Gasteiger partial charge in [0.1, 0.15) is 22.4 Å². The summed E-state index contributed by atoms with van der Waals surface area (Å²) in [5.41, 5.74) is -3.06. The number of halogens is 3. The quantitative estimate of drug-likeness (QED) is 0.214. The average molecular weight is 388 g/mol. The molecule has 0 aromatic carbocycles. The Bertz CT molecular complexity index is 831. The molecule has 1 aliphatic carbocycles.